The van der Waals surface area contributed by atoms with Gasteiger partial charge in [0.25, 0.3) is 0 Å². The van der Waals surface area contributed by atoms with Crippen molar-refractivity contribution in [2.24, 2.45) is 0 Å². The molecule has 4 heteroatoms. The third kappa shape index (κ3) is 2.50. The molecule has 0 amide bonds. The van der Waals surface area contributed by atoms with Crippen LogP contribution in [0.4, 0.5) is 11.4 Å². The first-order chi connectivity index (χ1) is 8.11. The van der Waals surface area contributed by atoms with Crippen molar-refractivity contribution in [1.29, 1.82) is 0 Å². The minimum Gasteiger partial charge on any atom is -0.396 e. The second-order valence-corrected chi connectivity index (χ2v) is 5.11. The first kappa shape index (κ1) is 12.5. The van der Waals surface area contributed by atoms with Crippen LogP contribution in [-0.4, -0.2) is 24.3 Å². The van der Waals surface area contributed by atoms with E-state index in [4.69, 9.17) is 17.3 Å². The average Bonchev–Trinajstić information content (AvgIpc) is 2.32. The smallest absolute Gasteiger partial charge is 0.0743 e. The van der Waals surface area contributed by atoms with Gasteiger partial charge in [0.2, 0.25) is 0 Å². The van der Waals surface area contributed by atoms with Gasteiger partial charge in [0, 0.05) is 7.05 Å². The third-order valence-electron chi connectivity index (χ3n) is 3.60. The Hall–Kier alpha value is -0.930. The van der Waals surface area contributed by atoms with Crippen LogP contribution in [0.2, 0.25) is 5.02 Å². The van der Waals surface area contributed by atoms with Crippen LogP contribution >= 0.6 is 11.6 Å². The lowest BCUT2D eigenvalue weighted by Crippen LogP contribution is -2.43. The van der Waals surface area contributed by atoms with Gasteiger partial charge in [-0.15, -0.1) is 0 Å². The van der Waals surface area contributed by atoms with E-state index in [0.29, 0.717) is 10.7 Å². The number of hydrogen-bond donors (Lipinski definition) is 2. The van der Waals surface area contributed by atoms with Gasteiger partial charge < -0.3 is 15.7 Å². The molecule has 0 saturated heterocycles. The van der Waals surface area contributed by atoms with E-state index in [1.54, 1.807) is 6.07 Å². The summed E-state index contributed by atoms with van der Waals surface area (Å²) in [5, 5.41) is 10.6. The lowest BCUT2D eigenvalue weighted by atomic mass is 9.91. The van der Waals surface area contributed by atoms with Crippen molar-refractivity contribution < 1.29 is 5.11 Å². The molecule has 94 valence electrons. The summed E-state index contributed by atoms with van der Waals surface area (Å²) in [5.74, 6) is 0. The molecular weight excluding hydrogens is 236 g/mol. The van der Waals surface area contributed by atoms with Gasteiger partial charge in [-0.1, -0.05) is 30.5 Å². The van der Waals surface area contributed by atoms with Crippen molar-refractivity contribution in [3.63, 3.8) is 0 Å². The molecule has 2 rings (SSSR count). The number of aliphatic hydroxyl groups excluding tert-OH is 1. The zero-order valence-corrected chi connectivity index (χ0v) is 10.8. The SMILES string of the molecule is CN(c1cccc(Cl)c1N)C1CCCCC1O. The normalized spacial score (nSPS) is 24.6. The van der Waals surface area contributed by atoms with Crippen molar-refractivity contribution in [3.05, 3.63) is 23.2 Å². The maximum Gasteiger partial charge on any atom is 0.0743 e. The van der Waals surface area contributed by atoms with Crippen LogP contribution in [0.15, 0.2) is 18.2 Å². The minimum atomic E-state index is -0.271. The Bertz CT molecular complexity index is 397. The van der Waals surface area contributed by atoms with Gasteiger partial charge in [-0.3, -0.25) is 0 Å². The predicted molar refractivity (Wildman–Crippen MR) is 72.5 cm³/mol. The Morgan fingerprint density at radius 1 is 1.35 bits per heavy atom. The largest absolute Gasteiger partial charge is 0.396 e. The lowest BCUT2D eigenvalue weighted by molar-refractivity contribution is 0.106. The van der Waals surface area contributed by atoms with E-state index >= 15 is 0 Å². The third-order valence-corrected chi connectivity index (χ3v) is 3.93. The van der Waals surface area contributed by atoms with Crippen molar-refractivity contribution in [1.82, 2.24) is 0 Å². The molecule has 1 aromatic carbocycles. The molecule has 0 aromatic heterocycles. The molecular formula is C13H19ClN2O. The van der Waals surface area contributed by atoms with Crippen molar-refractivity contribution in [2.45, 2.75) is 37.8 Å². The molecule has 1 saturated carbocycles. The Balaban J connectivity index is 2.23. The van der Waals surface area contributed by atoms with Crippen molar-refractivity contribution in [2.75, 3.05) is 17.7 Å². The van der Waals surface area contributed by atoms with Gasteiger partial charge >= 0.3 is 0 Å². The first-order valence-corrected chi connectivity index (χ1v) is 6.44. The van der Waals surface area contributed by atoms with Gasteiger partial charge in [-0.25, -0.2) is 0 Å². The highest BCUT2D eigenvalue weighted by Crippen LogP contribution is 2.33. The highest BCUT2D eigenvalue weighted by atomic mass is 35.5. The van der Waals surface area contributed by atoms with Crippen LogP contribution < -0.4 is 10.6 Å². The highest BCUT2D eigenvalue weighted by Gasteiger charge is 2.27. The van der Waals surface area contributed by atoms with Gasteiger partial charge in [0.15, 0.2) is 0 Å². The molecule has 0 aliphatic heterocycles. The van der Waals surface area contributed by atoms with Crippen molar-refractivity contribution >= 4 is 23.0 Å². The van der Waals surface area contributed by atoms with E-state index in [2.05, 4.69) is 4.90 Å². The number of hydrogen-bond acceptors (Lipinski definition) is 3. The molecule has 2 atom stereocenters. The standard InChI is InChI=1S/C13H19ClN2O/c1-16(10-6-2-3-8-12(10)17)11-7-4-5-9(14)13(11)15/h4-5,7,10,12,17H,2-3,6,8,15H2,1H3. The Morgan fingerprint density at radius 3 is 2.76 bits per heavy atom. The van der Waals surface area contributed by atoms with E-state index in [1.807, 2.05) is 19.2 Å². The molecule has 3 N–H and O–H groups in total. The number of para-hydroxylation sites is 1. The Kier molecular flexibility index (Phi) is 3.79. The van der Waals surface area contributed by atoms with Gasteiger partial charge in [0.05, 0.1) is 28.5 Å². The zero-order valence-electron chi connectivity index (χ0n) is 10.1. The number of aliphatic hydroxyl groups is 1. The van der Waals surface area contributed by atoms with E-state index in [9.17, 15) is 5.11 Å². The van der Waals surface area contributed by atoms with E-state index in [1.165, 1.54) is 0 Å². The number of halogens is 1. The number of rotatable bonds is 2. The van der Waals surface area contributed by atoms with Crippen LogP contribution in [0.1, 0.15) is 25.7 Å². The zero-order chi connectivity index (χ0) is 12.4. The number of likely N-dealkylation sites (N-methyl/N-ethyl adjacent to an activating group) is 1. The number of nitrogens with zero attached hydrogens (tertiary/aromatic N) is 1. The summed E-state index contributed by atoms with van der Waals surface area (Å²) in [6.07, 6.45) is 3.87. The van der Waals surface area contributed by atoms with E-state index < -0.39 is 0 Å². The maximum absolute atomic E-state index is 10.0. The molecule has 1 fully saturated rings. The number of anilines is 2. The summed E-state index contributed by atoms with van der Waals surface area (Å²) < 4.78 is 0. The fourth-order valence-corrected chi connectivity index (χ4v) is 2.72. The summed E-state index contributed by atoms with van der Waals surface area (Å²) in [7, 11) is 1.97. The van der Waals surface area contributed by atoms with Crippen molar-refractivity contribution in [3.8, 4) is 0 Å². The van der Waals surface area contributed by atoms with E-state index in [0.717, 1.165) is 31.4 Å². The van der Waals surface area contributed by atoms with Crippen LogP contribution in [0.5, 0.6) is 0 Å². The number of benzene rings is 1. The fraction of sp³-hybridized carbons (Fsp3) is 0.538. The molecule has 3 nitrogen and oxygen atoms in total. The number of nitrogens with two attached hydrogens (primary N) is 1. The topological polar surface area (TPSA) is 49.5 Å². The van der Waals surface area contributed by atoms with Crippen LogP contribution in [0.3, 0.4) is 0 Å². The van der Waals surface area contributed by atoms with Gasteiger partial charge in [0.1, 0.15) is 0 Å². The molecule has 0 spiro atoms. The summed E-state index contributed by atoms with van der Waals surface area (Å²) in [6, 6.07) is 5.76. The Labute approximate surface area is 107 Å². The molecule has 1 aromatic rings. The monoisotopic (exact) mass is 254 g/mol. The second-order valence-electron chi connectivity index (χ2n) is 4.70. The van der Waals surface area contributed by atoms with Crippen LogP contribution in [-0.2, 0) is 0 Å². The number of nitrogen functional groups attached to an aromatic ring is 1. The summed E-state index contributed by atoms with van der Waals surface area (Å²) >= 11 is 6.02. The summed E-state index contributed by atoms with van der Waals surface area (Å²) in [5.41, 5.74) is 7.48. The highest BCUT2D eigenvalue weighted by molar-refractivity contribution is 6.33. The average molecular weight is 255 g/mol. The van der Waals surface area contributed by atoms with Gasteiger partial charge in [-0.2, -0.15) is 0 Å². The van der Waals surface area contributed by atoms with Gasteiger partial charge in [-0.05, 0) is 25.0 Å². The molecule has 2 unspecified atom stereocenters. The molecule has 0 heterocycles. The molecule has 0 bridgehead atoms. The predicted octanol–water partition coefficient (Wildman–Crippen LogP) is 2.66. The quantitative estimate of drug-likeness (QED) is 0.798. The summed E-state index contributed by atoms with van der Waals surface area (Å²) in [4.78, 5) is 2.06. The lowest BCUT2D eigenvalue weighted by Gasteiger charge is -2.37. The summed E-state index contributed by atoms with van der Waals surface area (Å²) in [6.45, 7) is 0. The molecule has 1 aliphatic rings. The molecule has 17 heavy (non-hydrogen) atoms. The van der Waals surface area contributed by atoms with E-state index in [-0.39, 0.29) is 12.1 Å². The molecule has 1 aliphatic carbocycles. The Morgan fingerprint density at radius 2 is 2.06 bits per heavy atom. The molecule has 0 radical (unpaired) electrons. The van der Waals surface area contributed by atoms with Crippen LogP contribution in [0, 0.1) is 0 Å². The van der Waals surface area contributed by atoms with Crippen LogP contribution in [0.25, 0.3) is 0 Å². The first-order valence-electron chi connectivity index (χ1n) is 6.06. The second kappa shape index (κ2) is 5.15. The minimum absolute atomic E-state index is 0.143. The maximum atomic E-state index is 10.0. The fourth-order valence-electron chi connectivity index (χ4n) is 2.56.